The maximum Gasteiger partial charge on any atom is 0.0161 e. The zero-order chi connectivity index (χ0) is 13.3. The molecular formula is C17H21NS. The largest absolute Gasteiger partial charge is 0.316 e. The van der Waals surface area contributed by atoms with Crippen LogP contribution >= 0.6 is 11.8 Å². The second-order valence-corrected chi connectivity index (χ2v) is 5.73. The molecule has 2 heteroatoms. The molecule has 100 valence electrons. The first kappa shape index (κ1) is 14.2. The Morgan fingerprint density at radius 3 is 2.21 bits per heavy atom. The third-order valence-corrected chi connectivity index (χ3v) is 4.40. The average Bonchev–Trinajstić information content (AvgIpc) is 2.49. The average molecular weight is 271 g/mol. The lowest BCUT2D eigenvalue weighted by Crippen LogP contribution is -2.28. The summed E-state index contributed by atoms with van der Waals surface area (Å²) in [5, 5.41) is 3.42. The van der Waals surface area contributed by atoms with Gasteiger partial charge in [-0.1, -0.05) is 48.5 Å². The molecule has 1 atom stereocenters. The number of hydrogen-bond donors (Lipinski definition) is 1. The van der Waals surface area contributed by atoms with Gasteiger partial charge in [0.15, 0.2) is 0 Å². The van der Waals surface area contributed by atoms with Crippen LogP contribution in [0.25, 0.3) is 0 Å². The minimum absolute atomic E-state index is 0.561. The summed E-state index contributed by atoms with van der Waals surface area (Å²) in [7, 11) is 2.06. The van der Waals surface area contributed by atoms with Gasteiger partial charge in [0.1, 0.15) is 0 Å². The zero-order valence-corrected chi connectivity index (χ0v) is 12.2. The number of benzene rings is 2. The predicted octanol–water partition coefficient (Wildman–Crippen LogP) is 4.00. The first-order valence-electron chi connectivity index (χ1n) is 6.77. The maximum atomic E-state index is 3.42. The van der Waals surface area contributed by atoms with Crippen molar-refractivity contribution in [3.8, 4) is 0 Å². The summed E-state index contributed by atoms with van der Waals surface area (Å²) in [5.41, 5.74) is 1.42. The topological polar surface area (TPSA) is 12.0 Å². The normalized spacial score (nSPS) is 12.3. The fraction of sp³-hybridized carbons (Fsp3) is 0.294. The minimum Gasteiger partial charge on any atom is -0.316 e. The highest BCUT2D eigenvalue weighted by atomic mass is 32.2. The SMILES string of the molecule is CNC(CCc1ccccc1)CSc1ccccc1. The van der Waals surface area contributed by atoms with Crippen molar-refractivity contribution < 1.29 is 0 Å². The molecule has 0 aliphatic rings. The zero-order valence-electron chi connectivity index (χ0n) is 11.4. The Balaban J connectivity index is 1.77. The van der Waals surface area contributed by atoms with Gasteiger partial charge in [-0.05, 0) is 37.6 Å². The fourth-order valence-corrected chi connectivity index (χ4v) is 3.09. The van der Waals surface area contributed by atoms with Gasteiger partial charge in [0.25, 0.3) is 0 Å². The second kappa shape index (κ2) is 8.03. The third-order valence-electron chi connectivity index (χ3n) is 3.23. The van der Waals surface area contributed by atoms with Crippen molar-refractivity contribution in [3.63, 3.8) is 0 Å². The number of thioether (sulfide) groups is 1. The molecule has 0 bridgehead atoms. The molecule has 0 saturated carbocycles. The second-order valence-electron chi connectivity index (χ2n) is 4.63. The van der Waals surface area contributed by atoms with Crippen molar-refractivity contribution in [2.45, 2.75) is 23.8 Å². The first-order chi connectivity index (χ1) is 9.38. The molecule has 0 saturated heterocycles. The summed E-state index contributed by atoms with van der Waals surface area (Å²) >= 11 is 1.93. The lowest BCUT2D eigenvalue weighted by molar-refractivity contribution is 0.573. The van der Waals surface area contributed by atoms with Crippen LogP contribution in [0.1, 0.15) is 12.0 Å². The van der Waals surface area contributed by atoms with E-state index in [1.165, 1.54) is 16.9 Å². The monoisotopic (exact) mass is 271 g/mol. The standard InChI is InChI=1S/C17H21NS/c1-18-16(13-12-15-8-4-2-5-9-15)14-19-17-10-6-3-7-11-17/h2-11,16,18H,12-14H2,1H3. The van der Waals surface area contributed by atoms with E-state index >= 15 is 0 Å². The van der Waals surface area contributed by atoms with Crippen LogP contribution in [0.15, 0.2) is 65.6 Å². The van der Waals surface area contributed by atoms with Gasteiger partial charge in [-0.25, -0.2) is 0 Å². The van der Waals surface area contributed by atoms with Gasteiger partial charge in [-0.15, -0.1) is 11.8 Å². The summed E-state index contributed by atoms with van der Waals surface area (Å²) in [6.45, 7) is 0. The third kappa shape index (κ3) is 5.09. The van der Waals surface area contributed by atoms with Crippen molar-refractivity contribution in [1.82, 2.24) is 5.32 Å². The van der Waals surface area contributed by atoms with Gasteiger partial charge >= 0.3 is 0 Å². The highest BCUT2D eigenvalue weighted by Gasteiger charge is 2.07. The van der Waals surface area contributed by atoms with Gasteiger partial charge in [0.05, 0.1) is 0 Å². The Morgan fingerprint density at radius 2 is 1.58 bits per heavy atom. The smallest absolute Gasteiger partial charge is 0.0161 e. The maximum absolute atomic E-state index is 3.42. The number of aryl methyl sites for hydroxylation is 1. The van der Waals surface area contributed by atoms with Crippen molar-refractivity contribution in [2.24, 2.45) is 0 Å². The van der Waals surface area contributed by atoms with E-state index in [1.807, 2.05) is 11.8 Å². The molecule has 0 spiro atoms. The van der Waals surface area contributed by atoms with Crippen molar-refractivity contribution in [1.29, 1.82) is 0 Å². The number of rotatable bonds is 7. The molecule has 0 aliphatic heterocycles. The molecular weight excluding hydrogens is 250 g/mol. The van der Waals surface area contributed by atoms with E-state index in [4.69, 9.17) is 0 Å². The quantitative estimate of drug-likeness (QED) is 0.764. The lowest BCUT2D eigenvalue weighted by atomic mass is 10.1. The van der Waals surface area contributed by atoms with E-state index in [0.717, 1.165) is 12.2 Å². The molecule has 0 radical (unpaired) electrons. The summed E-state index contributed by atoms with van der Waals surface area (Å²) in [4.78, 5) is 1.35. The van der Waals surface area contributed by atoms with E-state index < -0.39 is 0 Å². The van der Waals surface area contributed by atoms with Crippen LogP contribution in [0.3, 0.4) is 0 Å². The molecule has 2 aromatic rings. The summed E-state index contributed by atoms with van der Waals surface area (Å²) in [5.74, 6) is 1.12. The molecule has 1 unspecified atom stereocenters. The van der Waals surface area contributed by atoms with Crippen LogP contribution in [0.2, 0.25) is 0 Å². The Bertz CT molecular complexity index is 412. The van der Waals surface area contributed by atoms with Crippen LogP contribution in [-0.2, 0) is 6.42 Å². The molecule has 2 aromatic carbocycles. The minimum atomic E-state index is 0.561. The Kier molecular flexibility index (Phi) is 5.99. The van der Waals surface area contributed by atoms with Crippen LogP contribution in [0.5, 0.6) is 0 Å². The highest BCUT2D eigenvalue weighted by Crippen LogP contribution is 2.19. The van der Waals surface area contributed by atoms with Gasteiger partial charge in [0.2, 0.25) is 0 Å². The molecule has 0 aliphatic carbocycles. The summed E-state index contributed by atoms with van der Waals surface area (Å²) in [6, 6.07) is 21.9. The first-order valence-corrected chi connectivity index (χ1v) is 7.76. The lowest BCUT2D eigenvalue weighted by Gasteiger charge is -2.15. The molecule has 0 heterocycles. The molecule has 0 fully saturated rings. The molecule has 0 amide bonds. The van der Waals surface area contributed by atoms with E-state index in [2.05, 4.69) is 73.0 Å². The molecule has 2 rings (SSSR count). The van der Waals surface area contributed by atoms with Crippen LogP contribution < -0.4 is 5.32 Å². The fourth-order valence-electron chi connectivity index (χ4n) is 2.01. The van der Waals surface area contributed by atoms with Crippen molar-refractivity contribution >= 4 is 11.8 Å². The van der Waals surface area contributed by atoms with Crippen molar-refractivity contribution in [2.75, 3.05) is 12.8 Å². The number of hydrogen-bond acceptors (Lipinski definition) is 2. The van der Waals surface area contributed by atoms with Gasteiger partial charge < -0.3 is 5.32 Å². The molecule has 19 heavy (non-hydrogen) atoms. The van der Waals surface area contributed by atoms with Crippen LogP contribution in [0.4, 0.5) is 0 Å². The van der Waals surface area contributed by atoms with E-state index in [-0.39, 0.29) is 0 Å². The summed E-state index contributed by atoms with van der Waals surface area (Å²) in [6.07, 6.45) is 2.32. The van der Waals surface area contributed by atoms with Gasteiger partial charge in [-0.2, -0.15) is 0 Å². The molecule has 0 aromatic heterocycles. The van der Waals surface area contributed by atoms with Gasteiger partial charge in [0, 0.05) is 16.7 Å². The molecule has 1 nitrogen and oxygen atoms in total. The van der Waals surface area contributed by atoms with E-state index in [9.17, 15) is 0 Å². The van der Waals surface area contributed by atoms with E-state index in [0.29, 0.717) is 6.04 Å². The van der Waals surface area contributed by atoms with Gasteiger partial charge in [-0.3, -0.25) is 0 Å². The number of nitrogens with one attached hydrogen (secondary N) is 1. The Hall–Kier alpha value is -1.25. The highest BCUT2D eigenvalue weighted by molar-refractivity contribution is 7.99. The Morgan fingerprint density at radius 1 is 0.947 bits per heavy atom. The summed E-state index contributed by atoms with van der Waals surface area (Å²) < 4.78 is 0. The Labute approximate surface area is 120 Å². The van der Waals surface area contributed by atoms with Crippen molar-refractivity contribution in [3.05, 3.63) is 66.2 Å². The molecule has 1 N–H and O–H groups in total. The van der Waals surface area contributed by atoms with E-state index in [1.54, 1.807) is 0 Å². The van der Waals surface area contributed by atoms with Crippen LogP contribution in [-0.4, -0.2) is 18.8 Å². The van der Waals surface area contributed by atoms with Crippen LogP contribution in [0, 0.1) is 0 Å². The predicted molar refractivity (Wildman–Crippen MR) is 84.8 cm³/mol.